The minimum absolute atomic E-state index is 0.265. The van der Waals surface area contributed by atoms with Gasteiger partial charge in [-0.05, 0) is 18.8 Å². The number of hydrogen-bond donors (Lipinski definition) is 1. The van der Waals surface area contributed by atoms with Gasteiger partial charge in [0.1, 0.15) is 0 Å². The Morgan fingerprint density at radius 2 is 2.00 bits per heavy atom. The summed E-state index contributed by atoms with van der Waals surface area (Å²) in [6, 6.07) is 0.583. The van der Waals surface area contributed by atoms with Crippen LogP contribution in [0.25, 0.3) is 0 Å². The number of nitrogens with one attached hydrogen (secondary N) is 1. The number of rotatable bonds is 6. The molecule has 0 amide bonds. The summed E-state index contributed by atoms with van der Waals surface area (Å²) in [6.45, 7) is 12.2. The van der Waals surface area contributed by atoms with Crippen LogP contribution in [0.4, 0.5) is 0 Å². The Kier molecular flexibility index (Phi) is 6.28. The van der Waals surface area contributed by atoms with Crippen LogP contribution in [0.3, 0.4) is 0 Å². The molecule has 4 heteroatoms. The summed E-state index contributed by atoms with van der Waals surface area (Å²) in [7, 11) is -0.686. The Bertz CT molecular complexity index is 277. The van der Waals surface area contributed by atoms with Crippen LogP contribution in [0.15, 0.2) is 0 Å². The van der Waals surface area contributed by atoms with Gasteiger partial charge in [0.25, 0.3) is 0 Å². The third-order valence-corrected chi connectivity index (χ3v) is 5.21. The molecule has 18 heavy (non-hydrogen) atoms. The van der Waals surface area contributed by atoms with Crippen molar-refractivity contribution in [1.82, 2.24) is 10.2 Å². The molecule has 0 saturated carbocycles. The molecule has 1 saturated heterocycles. The number of nitrogens with zero attached hydrogens (tertiary/aromatic N) is 1. The molecule has 2 atom stereocenters. The molecule has 0 aromatic rings. The van der Waals surface area contributed by atoms with Gasteiger partial charge in [0.05, 0.1) is 0 Å². The minimum atomic E-state index is -0.686. The second-order valence-electron chi connectivity index (χ2n) is 5.93. The molecule has 0 aromatic carbocycles. The fourth-order valence-electron chi connectivity index (χ4n) is 2.88. The zero-order valence-corrected chi connectivity index (χ0v) is 13.5. The van der Waals surface area contributed by atoms with E-state index in [-0.39, 0.29) is 5.54 Å². The Morgan fingerprint density at radius 1 is 1.39 bits per heavy atom. The van der Waals surface area contributed by atoms with Gasteiger partial charge < -0.3 is 5.32 Å². The van der Waals surface area contributed by atoms with Crippen molar-refractivity contribution >= 4 is 10.8 Å². The molecule has 0 aromatic heterocycles. The Morgan fingerprint density at radius 3 is 2.44 bits per heavy atom. The molecule has 1 rings (SSSR count). The average Bonchev–Trinajstić information content (AvgIpc) is 2.35. The standard InChI is InChI=1S/C14H30N2OS/c1-6-14(7-2)11-16(8-9-18(5)17)13(10-15-14)12(3)4/h12-13,15H,6-11H2,1-5H3. The maximum absolute atomic E-state index is 11.3. The van der Waals surface area contributed by atoms with E-state index in [9.17, 15) is 4.21 Å². The van der Waals surface area contributed by atoms with Crippen LogP contribution in [-0.4, -0.2) is 52.3 Å². The Balaban J connectivity index is 2.72. The third-order valence-electron chi connectivity index (χ3n) is 4.45. The van der Waals surface area contributed by atoms with E-state index < -0.39 is 10.8 Å². The van der Waals surface area contributed by atoms with Crippen molar-refractivity contribution < 1.29 is 4.21 Å². The third kappa shape index (κ3) is 4.04. The van der Waals surface area contributed by atoms with E-state index >= 15 is 0 Å². The lowest BCUT2D eigenvalue weighted by Crippen LogP contribution is -2.65. The smallest absolute Gasteiger partial charge is 0.0359 e. The first kappa shape index (κ1) is 16.1. The number of hydrogen-bond acceptors (Lipinski definition) is 3. The van der Waals surface area contributed by atoms with Crippen LogP contribution in [0.1, 0.15) is 40.5 Å². The van der Waals surface area contributed by atoms with Crippen molar-refractivity contribution in [3.05, 3.63) is 0 Å². The van der Waals surface area contributed by atoms with Gasteiger partial charge in [0, 0.05) is 54.0 Å². The predicted octanol–water partition coefficient (Wildman–Crippen LogP) is 1.85. The molecule has 1 aliphatic heterocycles. The second kappa shape index (κ2) is 7.01. The molecular weight excluding hydrogens is 244 g/mol. The maximum atomic E-state index is 11.3. The molecule has 1 fully saturated rings. The van der Waals surface area contributed by atoms with Gasteiger partial charge in [-0.15, -0.1) is 0 Å². The molecule has 1 heterocycles. The van der Waals surface area contributed by atoms with Crippen molar-refractivity contribution in [2.45, 2.75) is 52.1 Å². The molecule has 0 radical (unpaired) electrons. The molecule has 0 bridgehead atoms. The first-order chi connectivity index (χ1) is 8.44. The molecule has 0 aliphatic carbocycles. The molecule has 108 valence electrons. The summed E-state index contributed by atoms with van der Waals surface area (Å²) in [5.74, 6) is 1.45. The van der Waals surface area contributed by atoms with Gasteiger partial charge in [-0.25, -0.2) is 0 Å². The van der Waals surface area contributed by atoms with Crippen molar-refractivity contribution in [1.29, 1.82) is 0 Å². The quantitative estimate of drug-likeness (QED) is 0.802. The van der Waals surface area contributed by atoms with Crippen LogP contribution in [0, 0.1) is 5.92 Å². The molecule has 1 N–H and O–H groups in total. The van der Waals surface area contributed by atoms with Crippen LogP contribution in [0.2, 0.25) is 0 Å². The molecule has 3 nitrogen and oxygen atoms in total. The van der Waals surface area contributed by atoms with Gasteiger partial charge in [-0.1, -0.05) is 27.7 Å². The van der Waals surface area contributed by atoms with Crippen molar-refractivity contribution in [3.8, 4) is 0 Å². The molecular formula is C14H30N2OS. The van der Waals surface area contributed by atoms with Crippen molar-refractivity contribution in [3.63, 3.8) is 0 Å². The lowest BCUT2D eigenvalue weighted by molar-refractivity contribution is 0.0557. The van der Waals surface area contributed by atoms with Crippen LogP contribution < -0.4 is 5.32 Å². The van der Waals surface area contributed by atoms with E-state index in [1.54, 1.807) is 6.26 Å². The van der Waals surface area contributed by atoms with E-state index in [1.807, 2.05) is 0 Å². The van der Waals surface area contributed by atoms with Crippen LogP contribution in [0.5, 0.6) is 0 Å². The highest BCUT2D eigenvalue weighted by Crippen LogP contribution is 2.25. The zero-order valence-electron chi connectivity index (χ0n) is 12.7. The topological polar surface area (TPSA) is 32.3 Å². The van der Waals surface area contributed by atoms with Crippen molar-refractivity contribution in [2.75, 3.05) is 31.6 Å². The summed E-state index contributed by atoms with van der Waals surface area (Å²) in [6.07, 6.45) is 4.14. The largest absolute Gasteiger partial charge is 0.308 e. The molecule has 2 unspecified atom stereocenters. The fourth-order valence-corrected chi connectivity index (χ4v) is 3.38. The van der Waals surface area contributed by atoms with Gasteiger partial charge in [0.2, 0.25) is 0 Å². The monoisotopic (exact) mass is 274 g/mol. The Hall–Kier alpha value is 0.0700. The second-order valence-corrected chi connectivity index (χ2v) is 7.48. The summed E-state index contributed by atoms with van der Waals surface area (Å²) in [5.41, 5.74) is 0.265. The first-order valence-electron chi connectivity index (χ1n) is 7.23. The normalized spacial score (nSPS) is 26.4. The summed E-state index contributed by atoms with van der Waals surface area (Å²) >= 11 is 0. The fraction of sp³-hybridized carbons (Fsp3) is 1.00. The summed E-state index contributed by atoms with van der Waals surface area (Å²) in [5, 5.41) is 3.76. The van der Waals surface area contributed by atoms with E-state index in [1.165, 1.54) is 12.8 Å². The summed E-state index contributed by atoms with van der Waals surface area (Å²) < 4.78 is 11.3. The minimum Gasteiger partial charge on any atom is -0.308 e. The van der Waals surface area contributed by atoms with E-state index in [4.69, 9.17) is 0 Å². The molecule has 0 spiro atoms. The van der Waals surface area contributed by atoms with Gasteiger partial charge in [-0.3, -0.25) is 9.11 Å². The number of piperazine rings is 1. The lowest BCUT2D eigenvalue weighted by Gasteiger charge is -2.49. The highest BCUT2D eigenvalue weighted by atomic mass is 32.2. The van der Waals surface area contributed by atoms with Crippen LogP contribution >= 0.6 is 0 Å². The first-order valence-corrected chi connectivity index (χ1v) is 8.96. The van der Waals surface area contributed by atoms with Crippen molar-refractivity contribution in [2.24, 2.45) is 5.92 Å². The lowest BCUT2D eigenvalue weighted by atomic mass is 9.86. The van der Waals surface area contributed by atoms with E-state index in [0.29, 0.717) is 12.0 Å². The van der Waals surface area contributed by atoms with E-state index in [0.717, 1.165) is 25.4 Å². The highest BCUT2D eigenvalue weighted by Gasteiger charge is 2.37. The van der Waals surface area contributed by atoms with Crippen LogP contribution in [-0.2, 0) is 10.8 Å². The summed E-state index contributed by atoms with van der Waals surface area (Å²) in [4.78, 5) is 2.57. The van der Waals surface area contributed by atoms with Gasteiger partial charge in [0.15, 0.2) is 0 Å². The predicted molar refractivity (Wildman–Crippen MR) is 80.4 cm³/mol. The van der Waals surface area contributed by atoms with Gasteiger partial charge >= 0.3 is 0 Å². The SMILES string of the molecule is CCC1(CC)CN(CCS(C)=O)C(C(C)C)CN1. The zero-order chi connectivity index (χ0) is 13.8. The highest BCUT2D eigenvalue weighted by molar-refractivity contribution is 7.84. The average molecular weight is 274 g/mol. The maximum Gasteiger partial charge on any atom is 0.0359 e. The Labute approximate surface area is 115 Å². The molecule has 1 aliphatic rings. The van der Waals surface area contributed by atoms with Gasteiger partial charge in [-0.2, -0.15) is 0 Å². The van der Waals surface area contributed by atoms with E-state index in [2.05, 4.69) is 37.9 Å².